The van der Waals surface area contributed by atoms with Crippen molar-refractivity contribution in [2.75, 3.05) is 12.3 Å². The van der Waals surface area contributed by atoms with E-state index in [0.29, 0.717) is 19.3 Å². The van der Waals surface area contributed by atoms with Gasteiger partial charge in [0.15, 0.2) is 9.84 Å². The third-order valence-electron chi connectivity index (χ3n) is 5.84. The second-order valence-electron chi connectivity index (χ2n) is 8.62. The number of carbonyl (C=O) groups excluding carboxylic acids is 3. The Bertz CT molecular complexity index is 929. The van der Waals surface area contributed by atoms with E-state index in [9.17, 15) is 22.8 Å². The number of carbonyl (C=O) groups is 3. The summed E-state index contributed by atoms with van der Waals surface area (Å²) < 4.78 is 24.8. The Morgan fingerprint density at radius 3 is 2.19 bits per heavy atom. The molecule has 2 aliphatic rings. The number of allylic oxidation sites excluding steroid dienone is 2. The van der Waals surface area contributed by atoms with E-state index in [2.05, 4.69) is 5.32 Å². The molecule has 0 aromatic heterocycles. The lowest BCUT2D eigenvalue weighted by molar-refractivity contribution is -0.148. The molecule has 1 aliphatic heterocycles. The van der Waals surface area contributed by atoms with Crippen LogP contribution in [-0.2, 0) is 24.2 Å². The number of imide groups is 1. The van der Waals surface area contributed by atoms with E-state index >= 15 is 0 Å². The molecule has 1 fully saturated rings. The van der Waals surface area contributed by atoms with Crippen LogP contribution in [0.5, 0.6) is 0 Å². The van der Waals surface area contributed by atoms with Crippen molar-refractivity contribution in [1.82, 2.24) is 10.2 Å². The lowest BCUT2D eigenvalue weighted by Crippen LogP contribution is -2.50. The number of hydrogen-bond acceptors (Lipinski definition) is 5. The van der Waals surface area contributed by atoms with Gasteiger partial charge < -0.3 is 5.32 Å². The minimum atomic E-state index is -3.42. The number of hydrogen-bond donors (Lipinski definition) is 1. The molecule has 3 atom stereocenters. The van der Waals surface area contributed by atoms with E-state index in [1.54, 1.807) is 30.3 Å². The van der Waals surface area contributed by atoms with Gasteiger partial charge in [-0.3, -0.25) is 19.3 Å². The highest BCUT2D eigenvalue weighted by Crippen LogP contribution is 2.37. The van der Waals surface area contributed by atoms with Crippen LogP contribution in [0.4, 0.5) is 0 Å². The van der Waals surface area contributed by atoms with Crippen LogP contribution in [0.3, 0.4) is 0 Å². The molecule has 168 valence electrons. The Kier molecular flexibility index (Phi) is 7.30. The third-order valence-corrected chi connectivity index (χ3v) is 7.66. The Balaban J connectivity index is 1.62. The van der Waals surface area contributed by atoms with Gasteiger partial charge in [0, 0.05) is 6.54 Å². The average Bonchev–Trinajstić information content (AvgIpc) is 3.00. The number of benzene rings is 1. The van der Waals surface area contributed by atoms with Gasteiger partial charge in [-0.15, -0.1) is 0 Å². The molecule has 8 heteroatoms. The molecule has 3 rings (SSSR count). The van der Waals surface area contributed by atoms with Crippen LogP contribution in [0.15, 0.2) is 47.4 Å². The van der Waals surface area contributed by atoms with Crippen LogP contribution in [0.2, 0.25) is 0 Å². The maximum Gasteiger partial charge on any atom is 0.243 e. The molecule has 1 aromatic rings. The molecule has 0 radical (unpaired) electrons. The highest BCUT2D eigenvalue weighted by atomic mass is 32.2. The Morgan fingerprint density at radius 2 is 1.65 bits per heavy atom. The van der Waals surface area contributed by atoms with Crippen molar-refractivity contribution in [3.05, 3.63) is 42.5 Å². The van der Waals surface area contributed by atoms with E-state index in [0.717, 1.165) is 0 Å². The molecule has 1 saturated heterocycles. The van der Waals surface area contributed by atoms with Crippen molar-refractivity contribution in [2.24, 2.45) is 17.8 Å². The van der Waals surface area contributed by atoms with Crippen molar-refractivity contribution in [3.63, 3.8) is 0 Å². The Labute approximate surface area is 183 Å². The highest BCUT2D eigenvalue weighted by molar-refractivity contribution is 7.91. The monoisotopic (exact) mass is 446 g/mol. The second-order valence-corrected chi connectivity index (χ2v) is 10.7. The molecule has 3 unspecified atom stereocenters. The molecular formula is C23H30N2O5S. The fourth-order valence-electron chi connectivity index (χ4n) is 4.25. The summed E-state index contributed by atoms with van der Waals surface area (Å²) in [4.78, 5) is 40.2. The van der Waals surface area contributed by atoms with E-state index in [1.807, 2.05) is 26.0 Å². The fourth-order valence-corrected chi connectivity index (χ4v) is 5.58. The first-order valence-electron chi connectivity index (χ1n) is 10.8. The van der Waals surface area contributed by atoms with Crippen molar-refractivity contribution in [3.8, 4) is 0 Å². The molecule has 1 aliphatic carbocycles. The SMILES string of the molecule is CC(C)CC(C(=O)NCCCS(=O)(=O)c1ccccc1)N1C(=O)C2CC=CCC2C1=O. The van der Waals surface area contributed by atoms with Crippen LogP contribution < -0.4 is 5.32 Å². The molecule has 7 nitrogen and oxygen atoms in total. The van der Waals surface area contributed by atoms with E-state index in [1.165, 1.54) is 4.90 Å². The number of sulfone groups is 1. The van der Waals surface area contributed by atoms with E-state index in [-0.39, 0.29) is 53.2 Å². The number of rotatable bonds is 9. The summed E-state index contributed by atoms with van der Waals surface area (Å²) in [6.45, 7) is 4.03. The predicted molar refractivity (Wildman–Crippen MR) is 117 cm³/mol. The van der Waals surface area contributed by atoms with Gasteiger partial charge in [-0.25, -0.2) is 8.42 Å². The Hall–Kier alpha value is -2.48. The second kappa shape index (κ2) is 9.77. The van der Waals surface area contributed by atoms with Crippen LogP contribution in [0.25, 0.3) is 0 Å². The standard InChI is InChI=1S/C23H30N2O5S/c1-16(2)15-20(25-22(27)18-11-6-7-12-19(18)23(25)28)21(26)24-13-8-14-31(29,30)17-9-4-3-5-10-17/h3-7,9-10,16,18-20H,8,11-15H2,1-2H3,(H,24,26). The molecule has 1 heterocycles. The van der Waals surface area contributed by atoms with Gasteiger partial charge in [0.05, 0.1) is 22.5 Å². The largest absolute Gasteiger partial charge is 0.354 e. The zero-order valence-electron chi connectivity index (χ0n) is 18.0. The number of fused-ring (bicyclic) bond motifs is 1. The maximum atomic E-state index is 12.9. The normalized spacial score (nSPS) is 22.0. The topological polar surface area (TPSA) is 101 Å². The lowest BCUT2D eigenvalue weighted by atomic mass is 9.85. The number of nitrogens with one attached hydrogen (secondary N) is 1. The average molecular weight is 447 g/mol. The summed E-state index contributed by atoms with van der Waals surface area (Å²) in [6.07, 6.45) is 5.51. The molecule has 1 aromatic carbocycles. The zero-order chi connectivity index (χ0) is 22.6. The number of amides is 3. The zero-order valence-corrected chi connectivity index (χ0v) is 18.8. The summed E-state index contributed by atoms with van der Waals surface area (Å²) in [7, 11) is -3.42. The fraction of sp³-hybridized carbons (Fsp3) is 0.522. The third kappa shape index (κ3) is 5.23. The van der Waals surface area contributed by atoms with Crippen molar-refractivity contribution in [1.29, 1.82) is 0 Å². The minimum Gasteiger partial charge on any atom is -0.354 e. The lowest BCUT2D eigenvalue weighted by Gasteiger charge is -2.27. The summed E-state index contributed by atoms with van der Waals surface area (Å²) in [5, 5.41) is 2.75. The molecule has 0 spiro atoms. The van der Waals surface area contributed by atoms with Crippen LogP contribution >= 0.6 is 0 Å². The molecule has 3 amide bonds. The number of nitrogens with zero attached hydrogens (tertiary/aromatic N) is 1. The molecule has 31 heavy (non-hydrogen) atoms. The number of likely N-dealkylation sites (tertiary alicyclic amines) is 1. The van der Waals surface area contributed by atoms with Crippen molar-refractivity contribution >= 4 is 27.6 Å². The van der Waals surface area contributed by atoms with Gasteiger partial charge in [-0.2, -0.15) is 0 Å². The smallest absolute Gasteiger partial charge is 0.243 e. The van der Waals surface area contributed by atoms with E-state index in [4.69, 9.17) is 0 Å². The van der Waals surface area contributed by atoms with Gasteiger partial charge in [0.25, 0.3) is 0 Å². The summed E-state index contributed by atoms with van der Waals surface area (Å²) >= 11 is 0. The predicted octanol–water partition coefficient (Wildman–Crippen LogP) is 2.33. The molecule has 0 bridgehead atoms. The molecule has 1 N–H and O–H groups in total. The van der Waals surface area contributed by atoms with Gasteiger partial charge in [-0.1, -0.05) is 44.2 Å². The summed E-state index contributed by atoms with van der Waals surface area (Å²) in [6, 6.07) is 7.32. The van der Waals surface area contributed by atoms with Crippen LogP contribution in [-0.4, -0.2) is 49.4 Å². The minimum absolute atomic E-state index is 0.0937. The molecular weight excluding hydrogens is 416 g/mol. The van der Waals surface area contributed by atoms with Gasteiger partial charge >= 0.3 is 0 Å². The van der Waals surface area contributed by atoms with Gasteiger partial charge in [-0.05, 0) is 43.7 Å². The van der Waals surface area contributed by atoms with Gasteiger partial charge in [0.1, 0.15) is 6.04 Å². The van der Waals surface area contributed by atoms with Crippen LogP contribution in [0, 0.1) is 17.8 Å². The van der Waals surface area contributed by atoms with Gasteiger partial charge in [0.2, 0.25) is 17.7 Å². The van der Waals surface area contributed by atoms with E-state index < -0.39 is 21.8 Å². The quantitative estimate of drug-likeness (QED) is 0.356. The Morgan fingerprint density at radius 1 is 1.06 bits per heavy atom. The van der Waals surface area contributed by atoms with Crippen molar-refractivity contribution in [2.45, 2.75) is 50.5 Å². The summed E-state index contributed by atoms with van der Waals surface area (Å²) in [5.41, 5.74) is 0. The highest BCUT2D eigenvalue weighted by Gasteiger charge is 2.51. The molecule has 0 saturated carbocycles. The first kappa shape index (κ1) is 23.2. The van der Waals surface area contributed by atoms with Crippen LogP contribution in [0.1, 0.15) is 39.5 Å². The summed E-state index contributed by atoms with van der Waals surface area (Å²) in [5.74, 6) is -1.69. The van der Waals surface area contributed by atoms with Crippen molar-refractivity contribution < 1.29 is 22.8 Å². The first-order chi connectivity index (χ1) is 14.7. The maximum absolute atomic E-state index is 12.9. The first-order valence-corrected chi connectivity index (χ1v) is 12.4.